The molecule has 0 aliphatic rings. The van der Waals surface area contributed by atoms with E-state index in [1.54, 1.807) is 24.7 Å². The average Bonchev–Trinajstić information content (AvgIpc) is 2.99. The summed E-state index contributed by atoms with van der Waals surface area (Å²) >= 11 is 3.05. The Kier molecular flexibility index (Phi) is 5.64. The van der Waals surface area contributed by atoms with Crippen molar-refractivity contribution >= 4 is 35.2 Å². The van der Waals surface area contributed by atoms with Crippen molar-refractivity contribution in [1.29, 1.82) is 0 Å². The number of hydrazone groups is 1. The molecule has 0 atom stereocenters. The van der Waals surface area contributed by atoms with Gasteiger partial charge in [0.25, 0.3) is 0 Å². The van der Waals surface area contributed by atoms with Gasteiger partial charge >= 0.3 is 0 Å². The summed E-state index contributed by atoms with van der Waals surface area (Å²) in [4.78, 5) is 12.6. The number of thioether (sulfide) groups is 1. The van der Waals surface area contributed by atoms with E-state index in [1.807, 2.05) is 41.1 Å². The minimum absolute atomic E-state index is 0.128. The van der Waals surface area contributed by atoms with E-state index in [9.17, 15) is 4.79 Å². The van der Waals surface area contributed by atoms with Gasteiger partial charge in [0.05, 0.1) is 19.1 Å². The molecule has 0 aliphatic heterocycles. The Balaban J connectivity index is 1.74. The van der Waals surface area contributed by atoms with Gasteiger partial charge < -0.3 is 4.74 Å². The van der Waals surface area contributed by atoms with Gasteiger partial charge in [-0.25, -0.2) is 5.43 Å². The molecule has 0 saturated heterocycles. The van der Waals surface area contributed by atoms with E-state index in [0.29, 0.717) is 5.75 Å². The predicted octanol–water partition coefficient (Wildman–Crippen LogP) is 3.00. The smallest absolute Gasteiger partial charge is 0.250 e. The highest BCUT2D eigenvalue weighted by Crippen LogP contribution is 2.20. The Morgan fingerprint density at radius 2 is 2.20 bits per heavy atom. The van der Waals surface area contributed by atoms with Gasteiger partial charge in [0.1, 0.15) is 5.75 Å². The number of hydrogen-bond acceptors (Lipinski definition) is 5. The number of methoxy groups -OCH3 is 1. The van der Waals surface area contributed by atoms with Gasteiger partial charge in [-0.15, -0.1) is 11.8 Å². The van der Waals surface area contributed by atoms with E-state index in [-0.39, 0.29) is 5.91 Å². The van der Waals surface area contributed by atoms with Gasteiger partial charge in [-0.05, 0) is 41.1 Å². The molecule has 4 nitrogen and oxygen atoms in total. The van der Waals surface area contributed by atoms with Gasteiger partial charge in [0.15, 0.2) is 0 Å². The minimum atomic E-state index is -0.128. The molecule has 1 amide bonds. The first-order chi connectivity index (χ1) is 9.78. The van der Waals surface area contributed by atoms with Crippen molar-refractivity contribution in [3.05, 3.63) is 46.7 Å². The Bertz CT molecular complexity index is 565. The number of nitrogens with zero attached hydrogens (tertiary/aromatic N) is 1. The highest BCUT2D eigenvalue weighted by Gasteiger charge is 2.01. The lowest BCUT2D eigenvalue weighted by atomic mass is 10.3. The number of amides is 1. The highest BCUT2D eigenvalue weighted by molar-refractivity contribution is 8.00. The molecule has 0 unspecified atom stereocenters. The molecule has 1 heterocycles. The van der Waals surface area contributed by atoms with Crippen LogP contribution in [-0.4, -0.2) is 25.0 Å². The van der Waals surface area contributed by atoms with Gasteiger partial charge in [-0.2, -0.15) is 16.4 Å². The molecule has 0 spiro atoms. The molecule has 1 aromatic heterocycles. The second kappa shape index (κ2) is 7.72. The van der Waals surface area contributed by atoms with Crippen molar-refractivity contribution < 1.29 is 9.53 Å². The molecule has 20 heavy (non-hydrogen) atoms. The van der Waals surface area contributed by atoms with Crippen LogP contribution in [0.25, 0.3) is 0 Å². The molecule has 2 rings (SSSR count). The van der Waals surface area contributed by atoms with Crippen LogP contribution in [0.4, 0.5) is 0 Å². The van der Waals surface area contributed by atoms with E-state index in [2.05, 4.69) is 10.5 Å². The molecule has 0 saturated carbocycles. The standard InChI is InChI=1S/C14H14N2O2S2/c1-18-12-2-4-13(5-3-12)20-10-14(17)16-15-8-11-6-7-19-9-11/h2-9H,10H2,1H3,(H,16,17). The zero-order valence-corrected chi connectivity index (χ0v) is 12.5. The van der Waals surface area contributed by atoms with Crippen LogP contribution >= 0.6 is 23.1 Å². The molecule has 1 N–H and O–H groups in total. The molecule has 0 bridgehead atoms. The van der Waals surface area contributed by atoms with Crippen molar-refractivity contribution in [1.82, 2.24) is 5.43 Å². The number of thiophene rings is 1. The second-order valence-electron chi connectivity index (χ2n) is 3.81. The van der Waals surface area contributed by atoms with Crippen LogP contribution in [0, 0.1) is 0 Å². The Hall–Kier alpha value is -1.79. The first-order valence-corrected chi connectivity index (χ1v) is 7.82. The molecule has 0 radical (unpaired) electrons. The fourth-order valence-corrected chi connectivity index (χ4v) is 2.68. The summed E-state index contributed by atoms with van der Waals surface area (Å²) in [6.45, 7) is 0. The van der Waals surface area contributed by atoms with Crippen molar-refractivity contribution in [2.45, 2.75) is 4.90 Å². The Morgan fingerprint density at radius 3 is 2.85 bits per heavy atom. The first kappa shape index (κ1) is 14.6. The summed E-state index contributed by atoms with van der Waals surface area (Å²) in [5.74, 6) is 1.00. The van der Waals surface area contributed by atoms with E-state index >= 15 is 0 Å². The van der Waals surface area contributed by atoms with Crippen LogP contribution in [-0.2, 0) is 4.79 Å². The second-order valence-corrected chi connectivity index (χ2v) is 5.64. The fraction of sp³-hybridized carbons (Fsp3) is 0.143. The van der Waals surface area contributed by atoms with Crippen LogP contribution in [0.5, 0.6) is 5.75 Å². The predicted molar refractivity (Wildman–Crippen MR) is 83.8 cm³/mol. The molecule has 0 fully saturated rings. The summed E-state index contributed by atoms with van der Waals surface area (Å²) in [6.07, 6.45) is 1.63. The van der Waals surface area contributed by atoms with Crippen LogP contribution in [0.15, 0.2) is 51.1 Å². The van der Waals surface area contributed by atoms with Crippen LogP contribution in [0.3, 0.4) is 0 Å². The number of ether oxygens (including phenoxy) is 1. The maximum Gasteiger partial charge on any atom is 0.250 e. The monoisotopic (exact) mass is 306 g/mol. The van der Waals surface area contributed by atoms with Gasteiger partial charge in [0.2, 0.25) is 5.91 Å². The summed E-state index contributed by atoms with van der Waals surface area (Å²) in [5, 5.41) is 7.82. The van der Waals surface area contributed by atoms with Crippen LogP contribution in [0.1, 0.15) is 5.56 Å². The zero-order chi connectivity index (χ0) is 14.2. The summed E-state index contributed by atoms with van der Waals surface area (Å²) in [5.41, 5.74) is 3.49. The Morgan fingerprint density at radius 1 is 1.40 bits per heavy atom. The third-order valence-corrected chi connectivity index (χ3v) is 4.09. The number of carbonyl (C=O) groups is 1. The molecule has 6 heteroatoms. The molecule has 104 valence electrons. The highest BCUT2D eigenvalue weighted by atomic mass is 32.2. The number of nitrogens with one attached hydrogen (secondary N) is 1. The average molecular weight is 306 g/mol. The van der Waals surface area contributed by atoms with E-state index < -0.39 is 0 Å². The Labute approximate surface area is 125 Å². The van der Waals surface area contributed by atoms with Crippen molar-refractivity contribution in [2.24, 2.45) is 5.10 Å². The lowest BCUT2D eigenvalue weighted by Crippen LogP contribution is -2.19. The minimum Gasteiger partial charge on any atom is -0.497 e. The lowest BCUT2D eigenvalue weighted by molar-refractivity contribution is -0.118. The van der Waals surface area contributed by atoms with E-state index in [0.717, 1.165) is 16.2 Å². The largest absolute Gasteiger partial charge is 0.497 e. The summed E-state index contributed by atoms with van der Waals surface area (Å²) < 4.78 is 5.08. The molecule has 0 aliphatic carbocycles. The van der Waals surface area contributed by atoms with Crippen molar-refractivity contribution in [3.8, 4) is 5.75 Å². The fourth-order valence-electron chi connectivity index (χ4n) is 1.38. The van der Waals surface area contributed by atoms with E-state index in [4.69, 9.17) is 4.74 Å². The SMILES string of the molecule is COc1ccc(SCC(=O)NN=Cc2ccsc2)cc1. The van der Waals surface area contributed by atoms with Crippen LogP contribution in [0.2, 0.25) is 0 Å². The van der Waals surface area contributed by atoms with E-state index in [1.165, 1.54) is 11.8 Å². The molecular weight excluding hydrogens is 292 g/mol. The number of rotatable bonds is 6. The van der Waals surface area contributed by atoms with Crippen molar-refractivity contribution in [3.63, 3.8) is 0 Å². The third kappa shape index (κ3) is 4.71. The van der Waals surface area contributed by atoms with Crippen LogP contribution < -0.4 is 10.2 Å². The zero-order valence-electron chi connectivity index (χ0n) is 10.9. The normalized spacial score (nSPS) is 10.7. The topological polar surface area (TPSA) is 50.7 Å². The van der Waals surface area contributed by atoms with Crippen molar-refractivity contribution in [2.75, 3.05) is 12.9 Å². The molecule has 2 aromatic rings. The quantitative estimate of drug-likeness (QED) is 0.507. The third-order valence-electron chi connectivity index (χ3n) is 2.38. The number of carbonyl (C=O) groups excluding carboxylic acids is 1. The number of benzene rings is 1. The maximum absolute atomic E-state index is 11.6. The lowest BCUT2D eigenvalue weighted by Gasteiger charge is -2.02. The maximum atomic E-state index is 11.6. The summed E-state index contributed by atoms with van der Waals surface area (Å²) in [6, 6.07) is 9.52. The molecule has 1 aromatic carbocycles. The van der Waals surface area contributed by atoms with Gasteiger partial charge in [0, 0.05) is 10.5 Å². The summed E-state index contributed by atoms with van der Waals surface area (Å²) in [7, 11) is 1.63. The van der Waals surface area contributed by atoms with Gasteiger partial charge in [-0.1, -0.05) is 0 Å². The molecular formula is C14H14N2O2S2. The van der Waals surface area contributed by atoms with Gasteiger partial charge in [-0.3, -0.25) is 4.79 Å². The number of hydrogen-bond donors (Lipinski definition) is 1. The first-order valence-electron chi connectivity index (χ1n) is 5.89.